The van der Waals surface area contributed by atoms with E-state index in [0.29, 0.717) is 11.0 Å². The molecule has 1 unspecified atom stereocenters. The van der Waals surface area contributed by atoms with Crippen LogP contribution < -0.4 is 10.6 Å². The lowest BCUT2D eigenvalue weighted by atomic mass is 9.98. The first kappa shape index (κ1) is 18.5. The highest BCUT2D eigenvalue weighted by Crippen LogP contribution is 2.22. The van der Waals surface area contributed by atoms with Crippen LogP contribution in [0, 0.1) is 13.8 Å². The van der Waals surface area contributed by atoms with Gasteiger partial charge in [-0.25, -0.2) is 0 Å². The van der Waals surface area contributed by atoms with Crippen LogP contribution in [0.4, 0.5) is 5.69 Å². The molecule has 0 spiro atoms. The summed E-state index contributed by atoms with van der Waals surface area (Å²) in [6.07, 6.45) is 0.984. The zero-order valence-electron chi connectivity index (χ0n) is 15.3. The van der Waals surface area contributed by atoms with Crippen molar-refractivity contribution in [1.82, 2.24) is 5.32 Å². The zero-order valence-corrected chi connectivity index (χ0v) is 16.1. The van der Waals surface area contributed by atoms with Crippen LogP contribution in [0.25, 0.3) is 0 Å². The standard InChI is InChI=1S/C21H28N2S/c1-6-20(19-12-7-15(4)13-16(19)5)23-21(24)22-18-10-8-17(9-11-18)14(2)3/h7-14,20H,6H2,1-5H3,(H2,22,23,24). The van der Waals surface area contributed by atoms with Gasteiger partial charge in [0.25, 0.3) is 0 Å². The number of hydrogen-bond donors (Lipinski definition) is 2. The molecule has 0 aliphatic carbocycles. The van der Waals surface area contributed by atoms with Crippen LogP contribution in [0.15, 0.2) is 42.5 Å². The minimum Gasteiger partial charge on any atom is -0.356 e. The highest BCUT2D eigenvalue weighted by Gasteiger charge is 2.13. The Morgan fingerprint density at radius 3 is 2.25 bits per heavy atom. The Bertz CT molecular complexity index is 689. The molecule has 0 aromatic heterocycles. The van der Waals surface area contributed by atoms with Gasteiger partial charge in [-0.15, -0.1) is 0 Å². The highest BCUT2D eigenvalue weighted by molar-refractivity contribution is 7.80. The summed E-state index contributed by atoms with van der Waals surface area (Å²) in [5.41, 5.74) is 6.26. The van der Waals surface area contributed by atoms with Gasteiger partial charge >= 0.3 is 0 Å². The van der Waals surface area contributed by atoms with Gasteiger partial charge in [-0.2, -0.15) is 0 Å². The molecule has 2 nitrogen and oxygen atoms in total. The Labute approximate surface area is 151 Å². The summed E-state index contributed by atoms with van der Waals surface area (Å²) in [6.45, 7) is 10.9. The molecule has 0 amide bonds. The normalized spacial score (nSPS) is 12.1. The molecule has 0 saturated heterocycles. The molecule has 0 fully saturated rings. The van der Waals surface area contributed by atoms with E-state index in [-0.39, 0.29) is 6.04 Å². The predicted octanol–water partition coefficient (Wildman–Crippen LogP) is 5.86. The van der Waals surface area contributed by atoms with Crippen LogP contribution in [0.5, 0.6) is 0 Å². The number of benzene rings is 2. The molecular weight excluding hydrogens is 312 g/mol. The molecule has 0 saturated carbocycles. The smallest absolute Gasteiger partial charge is 0.171 e. The Morgan fingerprint density at radius 1 is 1.04 bits per heavy atom. The second kappa shape index (κ2) is 8.29. The second-order valence-electron chi connectivity index (χ2n) is 6.70. The fraction of sp³-hybridized carbons (Fsp3) is 0.381. The van der Waals surface area contributed by atoms with Gasteiger partial charge in [-0.3, -0.25) is 0 Å². The Morgan fingerprint density at radius 2 is 1.71 bits per heavy atom. The van der Waals surface area contributed by atoms with Gasteiger partial charge in [0.15, 0.2) is 5.11 Å². The number of rotatable bonds is 5. The van der Waals surface area contributed by atoms with Crippen molar-refractivity contribution in [3.05, 3.63) is 64.7 Å². The van der Waals surface area contributed by atoms with E-state index < -0.39 is 0 Å². The van der Waals surface area contributed by atoms with Gasteiger partial charge < -0.3 is 10.6 Å². The fourth-order valence-electron chi connectivity index (χ4n) is 2.89. The summed E-state index contributed by atoms with van der Waals surface area (Å²) in [6, 6.07) is 15.3. The lowest BCUT2D eigenvalue weighted by Crippen LogP contribution is -2.32. The van der Waals surface area contributed by atoms with Gasteiger partial charge in [0.05, 0.1) is 6.04 Å². The Balaban J connectivity index is 2.04. The summed E-state index contributed by atoms with van der Waals surface area (Å²) < 4.78 is 0. The number of anilines is 1. The first-order valence-corrected chi connectivity index (χ1v) is 9.06. The summed E-state index contributed by atoms with van der Waals surface area (Å²) in [7, 11) is 0. The largest absolute Gasteiger partial charge is 0.356 e. The molecule has 2 aromatic carbocycles. The number of aryl methyl sites for hydroxylation is 2. The number of nitrogens with one attached hydrogen (secondary N) is 2. The zero-order chi connectivity index (χ0) is 17.7. The maximum atomic E-state index is 5.51. The molecule has 2 N–H and O–H groups in total. The monoisotopic (exact) mass is 340 g/mol. The molecule has 0 aliphatic rings. The first-order chi connectivity index (χ1) is 11.4. The number of thiocarbonyl (C=S) groups is 1. The van der Waals surface area contributed by atoms with E-state index in [1.54, 1.807) is 0 Å². The average molecular weight is 341 g/mol. The summed E-state index contributed by atoms with van der Waals surface area (Å²) in [4.78, 5) is 0. The highest BCUT2D eigenvalue weighted by atomic mass is 32.1. The lowest BCUT2D eigenvalue weighted by Gasteiger charge is -2.22. The molecule has 24 heavy (non-hydrogen) atoms. The minimum absolute atomic E-state index is 0.223. The second-order valence-corrected chi connectivity index (χ2v) is 7.10. The van der Waals surface area contributed by atoms with Gasteiger partial charge in [0, 0.05) is 5.69 Å². The third-order valence-electron chi connectivity index (χ3n) is 4.35. The summed E-state index contributed by atoms with van der Waals surface area (Å²) in [5, 5.41) is 7.41. The fourth-order valence-corrected chi connectivity index (χ4v) is 3.15. The third kappa shape index (κ3) is 4.81. The quantitative estimate of drug-likeness (QED) is 0.666. The first-order valence-electron chi connectivity index (χ1n) is 8.65. The molecule has 3 heteroatoms. The molecule has 0 bridgehead atoms. The van der Waals surface area contributed by atoms with E-state index in [0.717, 1.165) is 12.1 Å². The molecule has 0 heterocycles. The third-order valence-corrected chi connectivity index (χ3v) is 4.57. The van der Waals surface area contributed by atoms with Crippen molar-refractivity contribution < 1.29 is 0 Å². The van der Waals surface area contributed by atoms with Crippen LogP contribution in [0.1, 0.15) is 61.4 Å². The molecular formula is C21H28N2S. The molecule has 128 valence electrons. The van der Waals surface area contributed by atoms with Crippen molar-refractivity contribution in [2.45, 2.75) is 53.0 Å². The maximum Gasteiger partial charge on any atom is 0.171 e. The molecule has 2 aromatic rings. The van der Waals surface area contributed by atoms with Crippen molar-refractivity contribution in [3.8, 4) is 0 Å². The van der Waals surface area contributed by atoms with Gasteiger partial charge in [-0.05, 0) is 67.2 Å². The van der Waals surface area contributed by atoms with E-state index in [1.165, 1.54) is 22.3 Å². The molecule has 1 atom stereocenters. The van der Waals surface area contributed by atoms with Crippen LogP contribution in [0.3, 0.4) is 0 Å². The molecule has 0 radical (unpaired) electrons. The Hall–Kier alpha value is -1.87. The summed E-state index contributed by atoms with van der Waals surface area (Å²) in [5.74, 6) is 0.540. The van der Waals surface area contributed by atoms with Crippen LogP contribution in [0.2, 0.25) is 0 Å². The van der Waals surface area contributed by atoms with Crippen LogP contribution in [-0.2, 0) is 0 Å². The maximum absolute atomic E-state index is 5.51. The van der Waals surface area contributed by atoms with Gasteiger partial charge in [0.2, 0.25) is 0 Å². The van der Waals surface area contributed by atoms with Gasteiger partial charge in [0.1, 0.15) is 0 Å². The van der Waals surface area contributed by atoms with Crippen molar-refractivity contribution >= 4 is 23.0 Å². The van der Waals surface area contributed by atoms with E-state index in [4.69, 9.17) is 12.2 Å². The molecule has 2 rings (SSSR count). The average Bonchev–Trinajstić information content (AvgIpc) is 2.53. The molecule has 0 aliphatic heterocycles. The van der Waals surface area contributed by atoms with Crippen LogP contribution >= 0.6 is 12.2 Å². The van der Waals surface area contributed by atoms with Crippen molar-refractivity contribution in [1.29, 1.82) is 0 Å². The van der Waals surface area contributed by atoms with E-state index in [2.05, 4.69) is 87.7 Å². The Kier molecular flexibility index (Phi) is 6.38. The van der Waals surface area contributed by atoms with E-state index >= 15 is 0 Å². The van der Waals surface area contributed by atoms with E-state index in [1.807, 2.05) is 0 Å². The summed E-state index contributed by atoms with van der Waals surface area (Å²) >= 11 is 5.51. The lowest BCUT2D eigenvalue weighted by molar-refractivity contribution is 0.625. The SMILES string of the molecule is CCC(NC(=S)Nc1ccc(C(C)C)cc1)c1ccc(C)cc1C. The van der Waals surface area contributed by atoms with Crippen molar-refractivity contribution in [3.63, 3.8) is 0 Å². The topological polar surface area (TPSA) is 24.1 Å². The van der Waals surface area contributed by atoms with Crippen molar-refractivity contribution in [2.24, 2.45) is 0 Å². The van der Waals surface area contributed by atoms with Crippen LogP contribution in [-0.4, -0.2) is 5.11 Å². The predicted molar refractivity (Wildman–Crippen MR) is 109 cm³/mol. The number of hydrogen-bond acceptors (Lipinski definition) is 1. The van der Waals surface area contributed by atoms with Crippen molar-refractivity contribution in [2.75, 3.05) is 5.32 Å². The minimum atomic E-state index is 0.223. The van der Waals surface area contributed by atoms with E-state index in [9.17, 15) is 0 Å². The van der Waals surface area contributed by atoms with Gasteiger partial charge in [-0.1, -0.05) is 56.7 Å².